The Bertz CT molecular complexity index is 664. The number of carbonyl (C=O) groups excluding carboxylic acids is 1. The summed E-state index contributed by atoms with van der Waals surface area (Å²) in [5.74, 6) is -0.0382. The number of carbonyl (C=O) groups is 1. The summed E-state index contributed by atoms with van der Waals surface area (Å²) >= 11 is 0. The van der Waals surface area contributed by atoms with Crippen molar-refractivity contribution in [3.63, 3.8) is 0 Å². The van der Waals surface area contributed by atoms with Gasteiger partial charge in [0.05, 0.1) is 12.7 Å². The Balaban J connectivity index is 1.86. The second-order valence-corrected chi connectivity index (χ2v) is 5.16. The van der Waals surface area contributed by atoms with Gasteiger partial charge in [-0.2, -0.15) is 0 Å². The number of anilines is 1. The smallest absolute Gasteiger partial charge is 0.337 e. The third kappa shape index (κ3) is 2.70. The number of hydrogen-bond acceptors (Lipinski definition) is 4. The lowest BCUT2D eigenvalue weighted by Crippen LogP contribution is -2.30. The largest absolute Gasteiger partial charge is 0.508 e. The van der Waals surface area contributed by atoms with Gasteiger partial charge in [0.1, 0.15) is 5.75 Å². The van der Waals surface area contributed by atoms with E-state index in [1.165, 1.54) is 12.7 Å². The minimum absolute atomic E-state index is 0.268. The van der Waals surface area contributed by atoms with Crippen molar-refractivity contribution in [3.05, 3.63) is 59.2 Å². The van der Waals surface area contributed by atoms with Crippen LogP contribution in [0.1, 0.15) is 21.5 Å². The van der Waals surface area contributed by atoms with Crippen molar-refractivity contribution in [2.45, 2.75) is 13.0 Å². The lowest BCUT2D eigenvalue weighted by atomic mass is 9.97. The van der Waals surface area contributed by atoms with Gasteiger partial charge < -0.3 is 14.7 Å². The number of phenols is 1. The first-order valence-electron chi connectivity index (χ1n) is 6.91. The maximum atomic E-state index is 11.6. The first kappa shape index (κ1) is 13.5. The molecule has 4 heteroatoms. The van der Waals surface area contributed by atoms with Crippen LogP contribution in [0.5, 0.6) is 5.75 Å². The highest BCUT2D eigenvalue weighted by Gasteiger charge is 2.18. The summed E-state index contributed by atoms with van der Waals surface area (Å²) in [6.07, 6.45) is 0.942. The zero-order valence-corrected chi connectivity index (χ0v) is 11.9. The van der Waals surface area contributed by atoms with Crippen LogP contribution in [-0.4, -0.2) is 24.7 Å². The molecule has 1 aliphatic rings. The lowest BCUT2D eigenvalue weighted by molar-refractivity contribution is 0.0600. The van der Waals surface area contributed by atoms with Gasteiger partial charge in [-0.15, -0.1) is 0 Å². The first-order chi connectivity index (χ1) is 10.2. The predicted molar refractivity (Wildman–Crippen MR) is 80.6 cm³/mol. The molecular formula is C17H17NO3. The Kier molecular flexibility index (Phi) is 3.52. The number of rotatable bonds is 2. The number of nitrogens with zero attached hydrogens (tertiary/aromatic N) is 1. The van der Waals surface area contributed by atoms with Gasteiger partial charge in [-0.05, 0) is 53.9 Å². The third-order valence-electron chi connectivity index (χ3n) is 3.85. The van der Waals surface area contributed by atoms with E-state index in [2.05, 4.69) is 4.90 Å². The van der Waals surface area contributed by atoms with Gasteiger partial charge in [0, 0.05) is 18.8 Å². The second-order valence-electron chi connectivity index (χ2n) is 5.16. The zero-order valence-electron chi connectivity index (χ0n) is 11.9. The standard InChI is InChI=1S/C17H17NO3/c1-21-17(20)13-3-2-12-8-9-18(11-14(12)10-13)15-4-6-16(19)7-5-15/h2-7,10,19H,8-9,11H2,1H3. The highest BCUT2D eigenvalue weighted by atomic mass is 16.5. The molecule has 108 valence electrons. The number of hydrogen-bond donors (Lipinski definition) is 1. The van der Waals surface area contributed by atoms with Gasteiger partial charge in [0.15, 0.2) is 0 Å². The third-order valence-corrected chi connectivity index (χ3v) is 3.85. The van der Waals surface area contributed by atoms with E-state index < -0.39 is 0 Å². The van der Waals surface area contributed by atoms with E-state index in [1.54, 1.807) is 12.1 Å². The molecule has 1 aliphatic heterocycles. The normalized spacial score (nSPS) is 13.7. The Labute approximate surface area is 123 Å². The molecule has 21 heavy (non-hydrogen) atoms. The van der Waals surface area contributed by atoms with Gasteiger partial charge in [0.25, 0.3) is 0 Å². The monoisotopic (exact) mass is 283 g/mol. The van der Waals surface area contributed by atoms with Crippen molar-refractivity contribution in [2.24, 2.45) is 0 Å². The quantitative estimate of drug-likeness (QED) is 0.861. The fourth-order valence-electron chi connectivity index (χ4n) is 2.69. The average molecular weight is 283 g/mol. The van der Waals surface area contributed by atoms with Gasteiger partial charge in [-0.1, -0.05) is 6.07 Å². The molecule has 0 unspecified atom stereocenters. The molecule has 0 radical (unpaired) electrons. The molecule has 2 aromatic carbocycles. The van der Waals surface area contributed by atoms with Crippen LogP contribution in [0, 0.1) is 0 Å². The van der Waals surface area contributed by atoms with E-state index in [0.29, 0.717) is 5.56 Å². The number of benzene rings is 2. The Morgan fingerprint density at radius 2 is 1.90 bits per heavy atom. The van der Waals surface area contributed by atoms with E-state index in [9.17, 15) is 9.90 Å². The number of ether oxygens (including phenoxy) is 1. The van der Waals surface area contributed by atoms with Gasteiger partial charge in [-0.25, -0.2) is 4.79 Å². The molecule has 0 saturated carbocycles. The minimum atomic E-state index is -0.306. The van der Waals surface area contributed by atoms with Crippen LogP contribution in [-0.2, 0) is 17.7 Å². The summed E-state index contributed by atoms with van der Waals surface area (Å²) < 4.78 is 4.77. The zero-order chi connectivity index (χ0) is 14.8. The molecule has 3 rings (SSSR count). The van der Waals surface area contributed by atoms with Crippen LogP contribution >= 0.6 is 0 Å². The SMILES string of the molecule is COC(=O)c1ccc2c(c1)CN(c1ccc(O)cc1)CC2. The van der Waals surface area contributed by atoms with Crippen LogP contribution in [0.4, 0.5) is 5.69 Å². The summed E-state index contributed by atoms with van der Waals surface area (Å²) in [6, 6.07) is 12.9. The van der Waals surface area contributed by atoms with Crippen LogP contribution in [0.3, 0.4) is 0 Å². The molecule has 1 heterocycles. The molecule has 0 aliphatic carbocycles. The van der Waals surface area contributed by atoms with Crippen LogP contribution in [0.25, 0.3) is 0 Å². The first-order valence-corrected chi connectivity index (χ1v) is 6.91. The van der Waals surface area contributed by atoms with Gasteiger partial charge in [0.2, 0.25) is 0 Å². The molecule has 2 aromatic rings. The Morgan fingerprint density at radius 3 is 2.62 bits per heavy atom. The van der Waals surface area contributed by atoms with E-state index >= 15 is 0 Å². The van der Waals surface area contributed by atoms with Crippen LogP contribution < -0.4 is 4.90 Å². The molecule has 0 fully saturated rings. The topological polar surface area (TPSA) is 49.8 Å². The molecule has 4 nitrogen and oxygen atoms in total. The minimum Gasteiger partial charge on any atom is -0.508 e. The van der Waals surface area contributed by atoms with Crippen molar-refractivity contribution >= 4 is 11.7 Å². The van der Waals surface area contributed by atoms with E-state index in [1.807, 2.05) is 30.3 Å². The molecule has 0 saturated heterocycles. The maximum Gasteiger partial charge on any atom is 0.337 e. The number of aromatic hydroxyl groups is 1. The fourth-order valence-corrected chi connectivity index (χ4v) is 2.69. The van der Waals surface area contributed by atoms with Crippen LogP contribution in [0.2, 0.25) is 0 Å². The van der Waals surface area contributed by atoms with Crippen molar-refractivity contribution < 1.29 is 14.6 Å². The summed E-state index contributed by atoms with van der Waals surface area (Å²) in [7, 11) is 1.39. The van der Waals surface area contributed by atoms with E-state index in [0.717, 1.165) is 30.8 Å². The number of fused-ring (bicyclic) bond motifs is 1. The van der Waals surface area contributed by atoms with E-state index in [4.69, 9.17) is 4.74 Å². The number of methoxy groups -OCH3 is 1. The molecule has 0 spiro atoms. The van der Waals surface area contributed by atoms with Crippen molar-refractivity contribution in [3.8, 4) is 5.75 Å². The molecule has 0 bridgehead atoms. The summed E-state index contributed by atoms with van der Waals surface area (Å²) in [5.41, 5.74) is 4.08. The fraction of sp³-hybridized carbons (Fsp3) is 0.235. The molecule has 0 atom stereocenters. The summed E-state index contributed by atoms with van der Waals surface area (Å²) in [5, 5.41) is 9.37. The van der Waals surface area contributed by atoms with E-state index in [-0.39, 0.29) is 11.7 Å². The lowest BCUT2D eigenvalue weighted by Gasteiger charge is -2.31. The predicted octanol–water partition coefficient (Wildman–Crippen LogP) is 2.74. The Morgan fingerprint density at radius 1 is 1.14 bits per heavy atom. The molecular weight excluding hydrogens is 266 g/mol. The maximum absolute atomic E-state index is 11.6. The highest BCUT2D eigenvalue weighted by molar-refractivity contribution is 5.89. The highest BCUT2D eigenvalue weighted by Crippen LogP contribution is 2.26. The van der Waals surface area contributed by atoms with Crippen molar-refractivity contribution in [1.82, 2.24) is 0 Å². The van der Waals surface area contributed by atoms with Crippen LogP contribution in [0.15, 0.2) is 42.5 Å². The van der Waals surface area contributed by atoms with Crippen molar-refractivity contribution in [2.75, 3.05) is 18.6 Å². The Hall–Kier alpha value is -2.49. The van der Waals surface area contributed by atoms with Crippen molar-refractivity contribution in [1.29, 1.82) is 0 Å². The molecule has 1 N–H and O–H groups in total. The average Bonchev–Trinajstić information content (AvgIpc) is 2.53. The molecule has 0 aromatic heterocycles. The number of phenolic OH excluding ortho intramolecular Hbond substituents is 1. The molecule has 0 amide bonds. The summed E-state index contributed by atoms with van der Waals surface area (Å²) in [6.45, 7) is 1.68. The van der Waals surface area contributed by atoms with Gasteiger partial charge in [-0.3, -0.25) is 0 Å². The number of esters is 1. The second kappa shape index (κ2) is 5.48. The summed E-state index contributed by atoms with van der Waals surface area (Å²) in [4.78, 5) is 13.9. The van der Waals surface area contributed by atoms with Gasteiger partial charge >= 0.3 is 5.97 Å².